The molecule has 1 N–H and O–H groups in total. The molecule has 2 atom stereocenters. The van der Waals surface area contributed by atoms with Crippen LogP contribution in [0.15, 0.2) is 54.6 Å². The maximum Gasteiger partial charge on any atom is 0.328 e. The first-order chi connectivity index (χ1) is 15.9. The Balaban J connectivity index is 2.08. The van der Waals surface area contributed by atoms with Crippen molar-refractivity contribution in [2.24, 2.45) is 10.8 Å². The molecule has 0 heterocycles. The molecule has 0 aromatic heterocycles. The van der Waals surface area contributed by atoms with E-state index in [-0.39, 0.29) is 11.3 Å². The Morgan fingerprint density at radius 1 is 0.882 bits per heavy atom. The number of carbonyl (C=O) groups excluding carboxylic acids is 2. The maximum absolute atomic E-state index is 13.2. The molecule has 6 heteroatoms. The molecule has 0 radical (unpaired) electrons. The molecule has 0 saturated carbocycles. The van der Waals surface area contributed by atoms with Gasteiger partial charge < -0.3 is 19.5 Å². The number of esters is 1. The Labute approximate surface area is 204 Å². The topological polar surface area (TPSA) is 73.9 Å². The maximum atomic E-state index is 13.2. The van der Waals surface area contributed by atoms with E-state index in [1.54, 1.807) is 0 Å². The van der Waals surface area contributed by atoms with E-state index in [1.165, 1.54) is 7.11 Å². The second-order valence-corrected chi connectivity index (χ2v) is 10.8. The zero-order valence-corrected chi connectivity index (χ0v) is 21.5. The molecule has 2 aromatic rings. The predicted molar refractivity (Wildman–Crippen MR) is 134 cm³/mol. The van der Waals surface area contributed by atoms with Gasteiger partial charge in [0.2, 0.25) is 5.91 Å². The van der Waals surface area contributed by atoms with Crippen molar-refractivity contribution in [1.29, 1.82) is 0 Å². The first-order valence-corrected chi connectivity index (χ1v) is 11.6. The first-order valence-electron chi connectivity index (χ1n) is 11.6. The molecule has 2 aromatic carbocycles. The normalized spacial score (nSPS) is 13.6. The summed E-state index contributed by atoms with van der Waals surface area (Å²) in [6.07, 6.45) is -0.443. The second-order valence-electron chi connectivity index (χ2n) is 10.8. The molecule has 0 bridgehead atoms. The van der Waals surface area contributed by atoms with Gasteiger partial charge in [-0.3, -0.25) is 4.79 Å². The lowest BCUT2D eigenvalue weighted by Gasteiger charge is -2.31. The van der Waals surface area contributed by atoms with Crippen molar-refractivity contribution in [3.05, 3.63) is 65.7 Å². The second kappa shape index (κ2) is 12.0. The van der Waals surface area contributed by atoms with E-state index in [4.69, 9.17) is 14.2 Å². The molecular weight excluding hydrogens is 430 g/mol. The zero-order valence-electron chi connectivity index (χ0n) is 21.5. The van der Waals surface area contributed by atoms with E-state index in [0.29, 0.717) is 19.6 Å². The molecule has 0 aliphatic carbocycles. The van der Waals surface area contributed by atoms with Gasteiger partial charge in [-0.1, -0.05) is 84.0 Å². The Bertz CT molecular complexity index is 911. The molecule has 6 nitrogen and oxygen atoms in total. The van der Waals surface area contributed by atoms with Crippen molar-refractivity contribution >= 4 is 11.9 Å². The van der Waals surface area contributed by atoms with Gasteiger partial charge in [0.05, 0.1) is 20.3 Å². The van der Waals surface area contributed by atoms with Crippen molar-refractivity contribution in [3.8, 4) is 5.75 Å². The predicted octanol–water partition coefficient (Wildman–Crippen LogP) is 4.94. The fourth-order valence-corrected chi connectivity index (χ4v) is 3.31. The molecule has 0 aliphatic heterocycles. The van der Waals surface area contributed by atoms with Gasteiger partial charge in [0.15, 0.2) is 0 Å². The molecule has 1 amide bonds. The summed E-state index contributed by atoms with van der Waals surface area (Å²) in [5.41, 5.74) is 1.45. The van der Waals surface area contributed by atoms with Crippen LogP contribution in [0.25, 0.3) is 0 Å². The van der Waals surface area contributed by atoms with Crippen LogP contribution in [-0.2, 0) is 32.1 Å². The molecule has 34 heavy (non-hydrogen) atoms. The summed E-state index contributed by atoms with van der Waals surface area (Å²) < 4.78 is 16.8. The standard InChI is InChI=1S/C28H39NO5/c1-27(2,3)19-34-22-15-13-20(14-16-22)17-23(26(31)32-7)29-25(30)24(28(4,5)6)33-18-21-11-9-8-10-12-21/h8-16,23-24H,17-19H2,1-7H3,(H,29,30)/t23-,24+/m0/s1. The van der Waals surface area contributed by atoms with Crippen molar-refractivity contribution in [1.82, 2.24) is 5.32 Å². The number of hydrogen-bond donors (Lipinski definition) is 1. The van der Waals surface area contributed by atoms with Crippen molar-refractivity contribution in [2.45, 2.75) is 66.7 Å². The molecule has 0 unspecified atom stereocenters. The van der Waals surface area contributed by atoms with Crippen LogP contribution in [0.5, 0.6) is 5.75 Å². The monoisotopic (exact) mass is 469 g/mol. The van der Waals surface area contributed by atoms with Crippen LogP contribution in [-0.4, -0.2) is 37.7 Å². The van der Waals surface area contributed by atoms with Gasteiger partial charge in [-0.05, 0) is 34.1 Å². The van der Waals surface area contributed by atoms with Crippen LogP contribution < -0.4 is 10.1 Å². The van der Waals surface area contributed by atoms with Crippen molar-refractivity contribution in [3.63, 3.8) is 0 Å². The third-order valence-electron chi connectivity index (χ3n) is 5.12. The quantitative estimate of drug-likeness (QED) is 0.499. The summed E-state index contributed by atoms with van der Waals surface area (Å²) in [5, 5.41) is 2.85. The largest absolute Gasteiger partial charge is 0.493 e. The Morgan fingerprint density at radius 3 is 2.03 bits per heavy atom. The van der Waals surface area contributed by atoms with Crippen LogP contribution >= 0.6 is 0 Å². The molecule has 0 aliphatic rings. The highest BCUT2D eigenvalue weighted by atomic mass is 16.5. The van der Waals surface area contributed by atoms with Gasteiger partial charge in [-0.2, -0.15) is 0 Å². The molecule has 2 rings (SSSR count). The molecule has 186 valence electrons. The number of methoxy groups -OCH3 is 1. The number of benzene rings is 2. The summed E-state index contributed by atoms with van der Waals surface area (Å²) in [6.45, 7) is 13.0. The van der Waals surface area contributed by atoms with Crippen molar-refractivity contribution < 1.29 is 23.8 Å². The fourth-order valence-electron chi connectivity index (χ4n) is 3.31. The van der Waals surface area contributed by atoms with Gasteiger partial charge in [0.1, 0.15) is 17.9 Å². The van der Waals surface area contributed by atoms with Gasteiger partial charge in [0, 0.05) is 6.42 Å². The van der Waals surface area contributed by atoms with E-state index in [1.807, 2.05) is 75.4 Å². The first kappa shape index (κ1) is 27.4. The van der Waals surface area contributed by atoms with E-state index in [0.717, 1.165) is 16.9 Å². The van der Waals surface area contributed by atoms with E-state index in [2.05, 4.69) is 26.1 Å². The Hall–Kier alpha value is -2.86. The summed E-state index contributed by atoms with van der Waals surface area (Å²) in [4.78, 5) is 25.7. The minimum Gasteiger partial charge on any atom is -0.493 e. The number of nitrogens with one attached hydrogen (secondary N) is 1. The lowest BCUT2D eigenvalue weighted by Crippen LogP contribution is -2.51. The average Bonchev–Trinajstić information content (AvgIpc) is 2.77. The van der Waals surface area contributed by atoms with Crippen LogP contribution in [0, 0.1) is 10.8 Å². The van der Waals surface area contributed by atoms with Crippen LogP contribution in [0.2, 0.25) is 0 Å². The number of rotatable bonds is 10. The van der Waals surface area contributed by atoms with Crippen LogP contribution in [0.3, 0.4) is 0 Å². The minimum atomic E-state index is -0.830. The number of ether oxygens (including phenoxy) is 3. The highest BCUT2D eigenvalue weighted by Crippen LogP contribution is 2.24. The lowest BCUT2D eigenvalue weighted by atomic mass is 9.88. The van der Waals surface area contributed by atoms with Gasteiger partial charge in [-0.15, -0.1) is 0 Å². The third kappa shape index (κ3) is 9.18. The average molecular weight is 470 g/mol. The van der Waals surface area contributed by atoms with Crippen LogP contribution in [0.1, 0.15) is 52.7 Å². The summed E-state index contributed by atoms with van der Waals surface area (Å²) in [5.74, 6) is -0.0828. The van der Waals surface area contributed by atoms with E-state index in [9.17, 15) is 9.59 Å². The Kier molecular flexibility index (Phi) is 9.68. The van der Waals surface area contributed by atoms with Gasteiger partial charge in [0.25, 0.3) is 0 Å². The number of hydrogen-bond acceptors (Lipinski definition) is 5. The summed E-state index contributed by atoms with van der Waals surface area (Å²) in [7, 11) is 1.32. The SMILES string of the molecule is COC(=O)[C@H](Cc1ccc(OCC(C)(C)C)cc1)NC(=O)[C@@H](OCc1ccccc1)C(C)(C)C. The zero-order chi connectivity index (χ0) is 25.4. The van der Waals surface area contributed by atoms with Gasteiger partial charge >= 0.3 is 5.97 Å². The highest BCUT2D eigenvalue weighted by molar-refractivity contribution is 5.87. The fraction of sp³-hybridized carbons (Fsp3) is 0.500. The van der Waals surface area contributed by atoms with E-state index >= 15 is 0 Å². The minimum absolute atomic E-state index is 0.0606. The smallest absolute Gasteiger partial charge is 0.328 e. The highest BCUT2D eigenvalue weighted by Gasteiger charge is 2.35. The summed E-state index contributed by atoms with van der Waals surface area (Å²) >= 11 is 0. The van der Waals surface area contributed by atoms with Gasteiger partial charge in [-0.25, -0.2) is 4.79 Å². The number of carbonyl (C=O) groups is 2. The number of amides is 1. The molecular formula is C28H39NO5. The third-order valence-corrected chi connectivity index (χ3v) is 5.12. The Morgan fingerprint density at radius 2 is 1.50 bits per heavy atom. The lowest BCUT2D eigenvalue weighted by molar-refractivity contribution is -0.150. The molecule has 0 spiro atoms. The van der Waals surface area contributed by atoms with Crippen molar-refractivity contribution in [2.75, 3.05) is 13.7 Å². The molecule has 0 saturated heterocycles. The molecule has 0 fully saturated rings. The van der Waals surface area contributed by atoms with E-state index < -0.39 is 23.5 Å². The summed E-state index contributed by atoms with van der Waals surface area (Å²) in [6, 6.07) is 16.4. The van der Waals surface area contributed by atoms with Crippen LogP contribution in [0.4, 0.5) is 0 Å².